The van der Waals surface area contributed by atoms with E-state index in [9.17, 15) is 28.8 Å². The van der Waals surface area contributed by atoms with Crippen LogP contribution in [0.1, 0.15) is 70.8 Å². The van der Waals surface area contributed by atoms with E-state index in [1.54, 1.807) is 29.3 Å². The van der Waals surface area contributed by atoms with Crippen molar-refractivity contribution in [1.29, 1.82) is 0 Å². The van der Waals surface area contributed by atoms with Crippen LogP contribution in [-0.2, 0) is 30.5 Å². The normalized spacial score (nSPS) is 21.3. The number of anilines is 1. The molecule has 5 heterocycles. The van der Waals surface area contributed by atoms with Crippen LogP contribution in [0.5, 0.6) is 0 Å². The molecule has 6 rings (SSSR count). The Morgan fingerprint density at radius 1 is 0.978 bits per heavy atom. The average Bonchev–Trinajstić information content (AvgIpc) is 3.63. The second-order valence-electron chi connectivity index (χ2n) is 12.0. The van der Waals surface area contributed by atoms with Crippen molar-refractivity contribution in [3.63, 3.8) is 0 Å². The van der Waals surface area contributed by atoms with E-state index < -0.39 is 29.7 Å². The molecule has 0 radical (unpaired) electrons. The Hall–Kier alpha value is -4.59. The molecule has 4 aliphatic heterocycles. The highest BCUT2D eigenvalue weighted by Gasteiger charge is 2.45. The number of imide groups is 2. The lowest BCUT2D eigenvalue weighted by Gasteiger charge is -2.37. The van der Waals surface area contributed by atoms with Crippen LogP contribution in [0.2, 0.25) is 0 Å². The fourth-order valence-corrected chi connectivity index (χ4v) is 6.73. The first-order valence-corrected chi connectivity index (χ1v) is 15.4. The molecule has 45 heavy (non-hydrogen) atoms. The molecule has 3 fully saturated rings. The SMILES string of the molecule is COCC(=O)N1CCC(C(=O)N2CCC(n3cc(CNc4cccc5c4C(=O)N(C4CCC(=O)NC4=O)C5=O)cn3)CC2)CC1. The minimum absolute atomic E-state index is 0.0364. The summed E-state index contributed by atoms with van der Waals surface area (Å²) in [6.07, 6.45) is 6.78. The number of methoxy groups -OCH3 is 1. The van der Waals surface area contributed by atoms with Crippen molar-refractivity contribution in [1.82, 2.24) is 29.8 Å². The molecule has 2 aromatic rings. The maximum absolute atomic E-state index is 13.4. The van der Waals surface area contributed by atoms with Gasteiger partial charge in [-0.15, -0.1) is 0 Å². The number of piperidine rings is 3. The third kappa shape index (κ3) is 6.06. The minimum atomic E-state index is -1.02. The number of likely N-dealkylation sites (tertiary alicyclic amines) is 2. The van der Waals surface area contributed by atoms with E-state index in [0.29, 0.717) is 51.3 Å². The van der Waals surface area contributed by atoms with Crippen LogP contribution >= 0.6 is 0 Å². The van der Waals surface area contributed by atoms with Crippen LogP contribution in [-0.4, -0.2) is 106 Å². The summed E-state index contributed by atoms with van der Waals surface area (Å²) in [5.41, 5.74) is 1.80. The average molecular weight is 620 g/mol. The molecule has 14 nitrogen and oxygen atoms in total. The van der Waals surface area contributed by atoms with Crippen LogP contribution in [0.25, 0.3) is 0 Å². The van der Waals surface area contributed by atoms with Crippen LogP contribution in [0.4, 0.5) is 5.69 Å². The quantitative estimate of drug-likeness (QED) is 0.410. The molecule has 3 saturated heterocycles. The highest BCUT2D eigenvalue weighted by molar-refractivity contribution is 6.25. The molecule has 2 N–H and O–H groups in total. The predicted octanol–water partition coefficient (Wildman–Crippen LogP) is 0.945. The van der Waals surface area contributed by atoms with Gasteiger partial charge in [0.05, 0.1) is 23.4 Å². The molecule has 0 saturated carbocycles. The van der Waals surface area contributed by atoms with Crippen molar-refractivity contribution >= 4 is 41.1 Å². The van der Waals surface area contributed by atoms with E-state index in [2.05, 4.69) is 15.7 Å². The molecular formula is C31H37N7O7. The van der Waals surface area contributed by atoms with Gasteiger partial charge in [0.25, 0.3) is 11.8 Å². The van der Waals surface area contributed by atoms with Gasteiger partial charge in [0.2, 0.25) is 23.6 Å². The minimum Gasteiger partial charge on any atom is -0.380 e. The highest BCUT2D eigenvalue weighted by Crippen LogP contribution is 2.33. The van der Waals surface area contributed by atoms with Gasteiger partial charge in [-0.1, -0.05) is 6.07 Å². The van der Waals surface area contributed by atoms with Gasteiger partial charge in [-0.25, -0.2) is 0 Å². The van der Waals surface area contributed by atoms with Crippen LogP contribution < -0.4 is 10.6 Å². The number of rotatable bonds is 8. The summed E-state index contributed by atoms with van der Waals surface area (Å²) in [5.74, 6) is -2.10. The lowest BCUT2D eigenvalue weighted by molar-refractivity contribution is -0.143. The molecule has 1 aromatic carbocycles. The fraction of sp³-hybridized carbons (Fsp3) is 0.516. The number of carbonyl (C=O) groups is 6. The summed E-state index contributed by atoms with van der Waals surface area (Å²) in [6, 6.07) is 4.10. The van der Waals surface area contributed by atoms with Crippen molar-refractivity contribution in [2.75, 3.05) is 45.2 Å². The molecule has 1 aromatic heterocycles. The van der Waals surface area contributed by atoms with Gasteiger partial charge in [-0.3, -0.25) is 43.7 Å². The zero-order valence-electron chi connectivity index (χ0n) is 25.2. The van der Waals surface area contributed by atoms with E-state index >= 15 is 0 Å². The molecule has 14 heteroatoms. The van der Waals surface area contributed by atoms with Crippen molar-refractivity contribution in [3.8, 4) is 0 Å². The molecule has 6 amide bonds. The van der Waals surface area contributed by atoms with E-state index in [1.165, 1.54) is 7.11 Å². The Labute approximate surface area is 260 Å². The lowest BCUT2D eigenvalue weighted by atomic mass is 9.93. The van der Waals surface area contributed by atoms with Gasteiger partial charge >= 0.3 is 0 Å². The number of carbonyl (C=O) groups excluding carboxylic acids is 6. The van der Waals surface area contributed by atoms with Crippen molar-refractivity contribution in [3.05, 3.63) is 47.3 Å². The Kier molecular flexibility index (Phi) is 8.65. The maximum Gasteiger partial charge on any atom is 0.264 e. The van der Waals surface area contributed by atoms with Crippen LogP contribution in [0, 0.1) is 5.92 Å². The molecule has 1 unspecified atom stereocenters. The molecular weight excluding hydrogens is 582 g/mol. The van der Waals surface area contributed by atoms with E-state index in [4.69, 9.17) is 4.74 Å². The van der Waals surface area contributed by atoms with Gasteiger partial charge in [0.15, 0.2) is 0 Å². The Bertz CT molecular complexity index is 1520. The topological polar surface area (TPSA) is 163 Å². The largest absolute Gasteiger partial charge is 0.380 e. The van der Waals surface area contributed by atoms with Crippen molar-refractivity contribution in [2.24, 2.45) is 5.92 Å². The number of amides is 6. The molecule has 0 bridgehead atoms. The first kappa shape index (κ1) is 30.4. The number of ether oxygens (including phenoxy) is 1. The first-order chi connectivity index (χ1) is 21.7. The summed E-state index contributed by atoms with van der Waals surface area (Å²) in [7, 11) is 1.50. The second kappa shape index (κ2) is 12.8. The van der Waals surface area contributed by atoms with Crippen molar-refractivity contribution < 1.29 is 33.5 Å². The smallest absolute Gasteiger partial charge is 0.264 e. The van der Waals surface area contributed by atoms with Crippen LogP contribution in [0.15, 0.2) is 30.6 Å². The number of aromatic nitrogens is 2. The lowest BCUT2D eigenvalue weighted by Crippen LogP contribution is -2.54. The summed E-state index contributed by atoms with van der Waals surface area (Å²) in [6.45, 7) is 2.88. The first-order valence-electron chi connectivity index (χ1n) is 15.4. The molecule has 1 atom stereocenters. The number of benzene rings is 1. The second-order valence-corrected chi connectivity index (χ2v) is 12.0. The Morgan fingerprint density at radius 3 is 2.42 bits per heavy atom. The third-order valence-corrected chi connectivity index (χ3v) is 9.22. The highest BCUT2D eigenvalue weighted by atomic mass is 16.5. The Morgan fingerprint density at radius 2 is 1.71 bits per heavy atom. The van der Waals surface area contributed by atoms with Crippen LogP contribution in [0.3, 0.4) is 0 Å². The number of nitrogens with one attached hydrogen (secondary N) is 2. The monoisotopic (exact) mass is 619 g/mol. The standard InChI is InChI=1S/C31H37N7O7/c1-45-18-26(40)35-11-7-20(8-12-35)29(42)36-13-9-21(10-14-36)37-17-19(16-33-37)15-32-23-4-2-3-22-27(23)31(44)38(30(22)43)24-5-6-25(39)34-28(24)41/h2-4,16-17,20-21,24,32H,5-15,18H2,1H3,(H,34,39,41). The summed E-state index contributed by atoms with van der Waals surface area (Å²) in [5, 5.41) is 10.0. The third-order valence-electron chi connectivity index (χ3n) is 9.22. The number of nitrogens with zero attached hydrogens (tertiary/aromatic N) is 5. The summed E-state index contributed by atoms with van der Waals surface area (Å²) < 4.78 is 6.86. The number of hydrogen-bond acceptors (Lipinski definition) is 9. The van der Waals surface area contributed by atoms with Gasteiger partial charge in [0, 0.05) is 69.6 Å². The van der Waals surface area contributed by atoms with Gasteiger partial charge < -0.3 is 19.9 Å². The molecule has 0 aliphatic carbocycles. The predicted molar refractivity (Wildman–Crippen MR) is 159 cm³/mol. The van der Waals surface area contributed by atoms with Gasteiger partial charge in [0.1, 0.15) is 12.6 Å². The zero-order valence-corrected chi connectivity index (χ0v) is 25.2. The number of fused-ring (bicyclic) bond motifs is 1. The molecule has 0 spiro atoms. The number of hydrogen-bond donors (Lipinski definition) is 2. The van der Waals surface area contributed by atoms with Crippen molar-refractivity contribution in [2.45, 2.75) is 57.2 Å². The van der Waals surface area contributed by atoms with Gasteiger partial charge in [-0.05, 0) is 44.2 Å². The van der Waals surface area contributed by atoms with E-state index in [1.807, 2.05) is 15.8 Å². The Balaban J connectivity index is 1.02. The molecule has 4 aliphatic rings. The van der Waals surface area contributed by atoms with E-state index in [0.717, 1.165) is 23.3 Å². The van der Waals surface area contributed by atoms with E-state index in [-0.39, 0.29) is 54.3 Å². The molecule has 238 valence electrons. The van der Waals surface area contributed by atoms with Gasteiger partial charge in [-0.2, -0.15) is 5.10 Å². The summed E-state index contributed by atoms with van der Waals surface area (Å²) in [4.78, 5) is 80.3. The summed E-state index contributed by atoms with van der Waals surface area (Å²) >= 11 is 0. The fourth-order valence-electron chi connectivity index (χ4n) is 6.73. The zero-order chi connectivity index (χ0) is 31.7. The maximum atomic E-state index is 13.4.